The molecule has 0 N–H and O–H groups in total. The normalized spacial score (nSPS) is 19.1. The Morgan fingerprint density at radius 3 is 2.77 bits per heavy atom. The van der Waals surface area contributed by atoms with Crippen LogP contribution in [0.4, 0.5) is 0 Å². The summed E-state index contributed by atoms with van der Waals surface area (Å²) in [5, 5.41) is 0.563. The molecule has 1 saturated heterocycles. The van der Waals surface area contributed by atoms with E-state index in [2.05, 4.69) is 4.98 Å². The van der Waals surface area contributed by atoms with Crippen LogP contribution in [0.1, 0.15) is 30.2 Å². The summed E-state index contributed by atoms with van der Waals surface area (Å²) in [5.74, 6) is -0.110. The molecule has 1 amide bonds. The molecular weight excluding hydrogens is 374 g/mol. The van der Waals surface area contributed by atoms with E-state index in [1.165, 1.54) is 22.2 Å². The molecule has 9 heteroatoms. The highest BCUT2D eigenvalue weighted by Gasteiger charge is 2.34. The Hall–Kier alpha value is -1.74. The van der Waals surface area contributed by atoms with E-state index in [9.17, 15) is 18.0 Å². The molecule has 7 nitrogen and oxygen atoms in total. The minimum absolute atomic E-state index is 0.00770. The lowest BCUT2D eigenvalue weighted by molar-refractivity contribution is -0.133. The van der Waals surface area contributed by atoms with Crippen molar-refractivity contribution in [2.75, 3.05) is 18.1 Å². The van der Waals surface area contributed by atoms with Crippen LogP contribution in [0.25, 0.3) is 10.2 Å². The Bertz CT molecular complexity index is 1010. The molecule has 0 aromatic carbocycles. The Balaban J connectivity index is 1.88. The minimum atomic E-state index is -3.08. The first-order valence-corrected chi connectivity index (χ1v) is 11.3. The molecule has 3 rings (SSSR count). The third-order valence-corrected chi connectivity index (χ3v) is 7.76. The van der Waals surface area contributed by atoms with Gasteiger partial charge in [0.05, 0.1) is 23.2 Å². The highest BCUT2D eigenvalue weighted by molar-refractivity contribution is 7.91. The average molecular weight is 398 g/mol. The number of aryl methyl sites for hydroxylation is 2. The quantitative estimate of drug-likeness (QED) is 0.763. The van der Waals surface area contributed by atoms with Crippen molar-refractivity contribution in [3.8, 4) is 0 Å². The van der Waals surface area contributed by atoms with Gasteiger partial charge in [0.25, 0.3) is 5.56 Å². The van der Waals surface area contributed by atoms with Gasteiger partial charge in [0, 0.05) is 17.5 Å². The van der Waals surface area contributed by atoms with E-state index in [1.54, 1.807) is 4.90 Å². The first-order chi connectivity index (χ1) is 12.2. The molecule has 0 bridgehead atoms. The molecule has 0 radical (unpaired) electrons. The van der Waals surface area contributed by atoms with E-state index in [-0.39, 0.29) is 35.6 Å². The Labute approximate surface area is 156 Å². The third kappa shape index (κ3) is 3.55. The Morgan fingerprint density at radius 1 is 1.42 bits per heavy atom. The number of aromatic nitrogens is 2. The topological polar surface area (TPSA) is 89.3 Å². The van der Waals surface area contributed by atoms with Gasteiger partial charge in [-0.3, -0.25) is 14.2 Å². The fourth-order valence-corrected chi connectivity index (χ4v) is 6.11. The minimum Gasteiger partial charge on any atom is -0.337 e. The summed E-state index contributed by atoms with van der Waals surface area (Å²) < 4.78 is 24.9. The van der Waals surface area contributed by atoms with Crippen LogP contribution < -0.4 is 5.56 Å². The van der Waals surface area contributed by atoms with Gasteiger partial charge in [0.15, 0.2) is 9.84 Å². The second kappa shape index (κ2) is 7.11. The SMILES string of the molecule is CCCN(C(=O)Cn1cnc2sc(C)c(C)c2c1=O)C1CCS(=O)(=O)C1. The smallest absolute Gasteiger partial charge is 0.262 e. The van der Waals surface area contributed by atoms with E-state index in [0.717, 1.165) is 16.9 Å². The summed E-state index contributed by atoms with van der Waals surface area (Å²) in [6.45, 7) is 6.14. The maximum Gasteiger partial charge on any atom is 0.262 e. The van der Waals surface area contributed by atoms with Crippen molar-refractivity contribution in [3.63, 3.8) is 0 Å². The number of carbonyl (C=O) groups is 1. The molecular formula is C17H23N3O4S2. The number of hydrogen-bond acceptors (Lipinski definition) is 6. The fraction of sp³-hybridized carbons (Fsp3) is 0.588. The van der Waals surface area contributed by atoms with Gasteiger partial charge < -0.3 is 4.90 Å². The molecule has 1 aliphatic rings. The Kier molecular flexibility index (Phi) is 5.21. The molecule has 1 unspecified atom stereocenters. The second-order valence-corrected chi connectivity index (χ2v) is 10.2. The van der Waals surface area contributed by atoms with Crippen molar-refractivity contribution >= 4 is 37.3 Å². The van der Waals surface area contributed by atoms with Crippen LogP contribution in [0.5, 0.6) is 0 Å². The number of amides is 1. The molecule has 3 heterocycles. The standard InChI is InChI=1S/C17H23N3O4S2/c1-4-6-20(13-5-7-26(23,24)9-13)14(21)8-19-10-18-16-15(17(19)22)11(2)12(3)25-16/h10,13H,4-9H2,1-3H3. The summed E-state index contributed by atoms with van der Waals surface area (Å²) in [6.07, 6.45) is 2.61. The van der Waals surface area contributed by atoms with Gasteiger partial charge in [-0.15, -0.1) is 11.3 Å². The van der Waals surface area contributed by atoms with Crippen LogP contribution >= 0.6 is 11.3 Å². The summed E-state index contributed by atoms with van der Waals surface area (Å²) in [5.41, 5.74) is 0.678. The monoisotopic (exact) mass is 397 g/mol. The molecule has 2 aromatic heterocycles. The van der Waals surface area contributed by atoms with Crippen molar-refractivity contribution < 1.29 is 13.2 Å². The highest BCUT2D eigenvalue weighted by atomic mass is 32.2. The summed E-state index contributed by atoms with van der Waals surface area (Å²) in [7, 11) is -3.08. The number of sulfone groups is 1. The largest absolute Gasteiger partial charge is 0.337 e. The summed E-state index contributed by atoms with van der Waals surface area (Å²) in [4.78, 5) is 33.2. The van der Waals surface area contributed by atoms with Crippen molar-refractivity contribution in [1.82, 2.24) is 14.5 Å². The average Bonchev–Trinajstić information content (AvgIpc) is 3.07. The number of nitrogens with zero attached hydrogens (tertiary/aromatic N) is 3. The maximum absolute atomic E-state index is 12.8. The lowest BCUT2D eigenvalue weighted by Crippen LogP contribution is -2.44. The van der Waals surface area contributed by atoms with Gasteiger partial charge in [-0.1, -0.05) is 6.92 Å². The van der Waals surface area contributed by atoms with E-state index in [0.29, 0.717) is 23.2 Å². The van der Waals surface area contributed by atoms with Gasteiger partial charge in [-0.2, -0.15) is 0 Å². The van der Waals surface area contributed by atoms with Gasteiger partial charge in [-0.25, -0.2) is 13.4 Å². The number of rotatable bonds is 5. The van der Waals surface area contributed by atoms with Crippen molar-refractivity contribution in [2.24, 2.45) is 0 Å². The maximum atomic E-state index is 12.8. The number of carbonyl (C=O) groups excluding carboxylic acids is 1. The van der Waals surface area contributed by atoms with Crippen LogP contribution in [-0.4, -0.2) is 52.9 Å². The van der Waals surface area contributed by atoms with Gasteiger partial charge in [0.2, 0.25) is 5.91 Å². The molecule has 1 aliphatic heterocycles. The van der Waals surface area contributed by atoms with E-state index in [1.807, 2.05) is 20.8 Å². The molecule has 2 aromatic rings. The van der Waals surface area contributed by atoms with Gasteiger partial charge in [-0.05, 0) is 32.3 Å². The van der Waals surface area contributed by atoms with Crippen LogP contribution in [0.2, 0.25) is 0 Å². The van der Waals surface area contributed by atoms with Crippen molar-refractivity contribution in [3.05, 3.63) is 27.1 Å². The first-order valence-electron chi connectivity index (χ1n) is 8.68. The molecule has 0 aliphatic carbocycles. The van der Waals surface area contributed by atoms with E-state index >= 15 is 0 Å². The molecule has 1 fully saturated rings. The number of fused-ring (bicyclic) bond motifs is 1. The molecule has 0 spiro atoms. The number of thiophene rings is 1. The van der Waals surface area contributed by atoms with Crippen molar-refractivity contribution in [1.29, 1.82) is 0 Å². The summed E-state index contributed by atoms with van der Waals surface area (Å²) >= 11 is 1.47. The lowest BCUT2D eigenvalue weighted by atomic mass is 10.2. The molecule has 142 valence electrons. The van der Waals surface area contributed by atoms with Crippen LogP contribution in [0.3, 0.4) is 0 Å². The predicted octanol–water partition coefficient (Wildman–Crippen LogP) is 1.50. The molecule has 0 saturated carbocycles. The molecule has 26 heavy (non-hydrogen) atoms. The highest BCUT2D eigenvalue weighted by Crippen LogP contribution is 2.25. The van der Waals surface area contributed by atoms with E-state index in [4.69, 9.17) is 0 Å². The van der Waals surface area contributed by atoms with Gasteiger partial charge in [0.1, 0.15) is 11.4 Å². The lowest BCUT2D eigenvalue weighted by Gasteiger charge is -2.28. The Morgan fingerprint density at radius 2 is 2.15 bits per heavy atom. The fourth-order valence-electron chi connectivity index (χ4n) is 3.39. The number of hydrogen-bond donors (Lipinski definition) is 0. The van der Waals surface area contributed by atoms with Gasteiger partial charge >= 0.3 is 0 Å². The van der Waals surface area contributed by atoms with Crippen LogP contribution in [0, 0.1) is 13.8 Å². The zero-order chi connectivity index (χ0) is 19.1. The zero-order valence-electron chi connectivity index (χ0n) is 15.2. The first kappa shape index (κ1) is 19.0. The van der Waals surface area contributed by atoms with Crippen molar-refractivity contribution in [2.45, 2.75) is 46.2 Å². The summed E-state index contributed by atoms with van der Waals surface area (Å²) in [6, 6.07) is -0.301. The second-order valence-electron chi connectivity index (χ2n) is 6.79. The molecule has 1 atom stereocenters. The zero-order valence-corrected chi connectivity index (χ0v) is 16.8. The van der Waals surface area contributed by atoms with Crippen LogP contribution in [-0.2, 0) is 21.2 Å². The van der Waals surface area contributed by atoms with E-state index < -0.39 is 9.84 Å². The predicted molar refractivity (Wildman–Crippen MR) is 102 cm³/mol. The third-order valence-electron chi connectivity index (χ3n) is 4.90. The van der Waals surface area contributed by atoms with Crippen LogP contribution in [0.15, 0.2) is 11.1 Å².